The summed E-state index contributed by atoms with van der Waals surface area (Å²) in [6, 6.07) is 8.78. The van der Waals surface area contributed by atoms with Gasteiger partial charge in [0.2, 0.25) is 0 Å². The first-order valence-electron chi connectivity index (χ1n) is 5.48. The first kappa shape index (κ1) is 14.0. The molecule has 0 unspecified atom stereocenters. The van der Waals surface area contributed by atoms with Crippen LogP contribution < -0.4 is 0 Å². The Hall–Kier alpha value is -2.41. The van der Waals surface area contributed by atoms with E-state index in [0.717, 1.165) is 6.26 Å². The van der Waals surface area contributed by atoms with Crippen molar-refractivity contribution in [3.05, 3.63) is 47.5 Å². The Morgan fingerprint density at radius 3 is 2.00 bits per heavy atom. The largest absolute Gasteiger partial charge is 0.478 e. The molecule has 0 saturated heterocycles. The van der Waals surface area contributed by atoms with Crippen LogP contribution in [-0.2, 0) is 14.3 Å². The highest BCUT2D eigenvalue weighted by atomic mass is 32.2. The van der Waals surface area contributed by atoms with E-state index < -0.39 is 22.1 Å². The van der Waals surface area contributed by atoms with Crippen LogP contribution in [0.5, 0.6) is 0 Å². The zero-order valence-electron chi connectivity index (χ0n) is 10.4. The third kappa shape index (κ3) is 2.77. The van der Waals surface area contributed by atoms with Gasteiger partial charge in [-0.25, -0.2) is 9.59 Å². The van der Waals surface area contributed by atoms with Crippen LogP contribution in [0.3, 0.4) is 0 Å². The zero-order chi connectivity index (χ0) is 14.9. The molecule has 0 atom stereocenters. The number of hydrogen-bond donors (Lipinski definition) is 1. The first-order valence-corrected chi connectivity index (χ1v) is 7.30. The Kier molecular flexibility index (Phi) is 3.46. The molecular weight excluding hydrogens is 284 g/mol. The van der Waals surface area contributed by atoms with Crippen LogP contribution in [-0.4, -0.2) is 31.7 Å². The average molecular weight is 294 g/mol. The number of aromatic carboxylic acids is 1. The fraction of sp³-hybridized carbons (Fsp3) is 0.0769. The van der Waals surface area contributed by atoms with Gasteiger partial charge in [0.05, 0.1) is 17.4 Å². The normalized spacial score (nSPS) is 11.2. The average Bonchev–Trinajstić information content (AvgIpc) is 2.35. The van der Waals surface area contributed by atoms with Crippen LogP contribution >= 0.6 is 0 Å². The fourth-order valence-corrected chi connectivity index (χ4v) is 2.22. The standard InChI is InChI=1S/C13H10O6S/c1-20(17,18)19-13(16)11-7-3-4-8-9(11)5-2-6-10(8)12(14)15/h2-7H,1H3,(H,14,15). The van der Waals surface area contributed by atoms with Crippen molar-refractivity contribution in [2.75, 3.05) is 6.26 Å². The monoisotopic (exact) mass is 294 g/mol. The van der Waals surface area contributed by atoms with Gasteiger partial charge in [-0.2, -0.15) is 8.42 Å². The van der Waals surface area contributed by atoms with E-state index in [2.05, 4.69) is 4.18 Å². The Morgan fingerprint density at radius 1 is 1.00 bits per heavy atom. The van der Waals surface area contributed by atoms with Gasteiger partial charge in [0, 0.05) is 0 Å². The van der Waals surface area contributed by atoms with Crippen molar-refractivity contribution >= 4 is 32.8 Å². The minimum atomic E-state index is -3.93. The van der Waals surface area contributed by atoms with Crippen LogP contribution in [0, 0.1) is 0 Å². The molecule has 0 spiro atoms. The molecule has 0 heterocycles. The second kappa shape index (κ2) is 4.93. The second-order valence-corrected chi connectivity index (χ2v) is 5.66. The van der Waals surface area contributed by atoms with E-state index in [0.29, 0.717) is 10.8 Å². The number of carbonyl (C=O) groups excluding carboxylic acids is 1. The number of carbonyl (C=O) groups is 2. The van der Waals surface area contributed by atoms with Crippen molar-refractivity contribution in [2.24, 2.45) is 0 Å². The summed E-state index contributed by atoms with van der Waals surface area (Å²) in [7, 11) is -3.93. The molecule has 0 amide bonds. The lowest BCUT2D eigenvalue weighted by molar-refractivity contribution is 0.0696. The van der Waals surface area contributed by atoms with Crippen LogP contribution in [0.4, 0.5) is 0 Å². The first-order chi connectivity index (χ1) is 9.29. The minimum absolute atomic E-state index is 0.00368. The lowest BCUT2D eigenvalue weighted by atomic mass is 10.0. The van der Waals surface area contributed by atoms with Gasteiger partial charge < -0.3 is 9.29 Å². The Labute approximate surface area is 114 Å². The molecule has 0 saturated carbocycles. The zero-order valence-corrected chi connectivity index (χ0v) is 11.2. The third-order valence-corrected chi connectivity index (χ3v) is 3.05. The molecule has 0 aromatic heterocycles. The topological polar surface area (TPSA) is 97.7 Å². The lowest BCUT2D eigenvalue weighted by Crippen LogP contribution is -2.12. The van der Waals surface area contributed by atoms with Gasteiger partial charge >= 0.3 is 22.1 Å². The number of rotatable bonds is 3. The summed E-state index contributed by atoms with van der Waals surface area (Å²) in [5.41, 5.74) is 0.0209. The van der Waals surface area contributed by atoms with Crippen LogP contribution in [0.1, 0.15) is 20.7 Å². The maximum absolute atomic E-state index is 11.8. The van der Waals surface area contributed by atoms with Crippen molar-refractivity contribution < 1.29 is 27.3 Å². The molecule has 104 valence electrons. The molecule has 0 radical (unpaired) electrons. The Balaban J connectivity index is 2.64. The van der Waals surface area contributed by atoms with Gasteiger partial charge in [-0.1, -0.05) is 24.3 Å². The summed E-state index contributed by atoms with van der Waals surface area (Å²) in [4.78, 5) is 22.9. The van der Waals surface area contributed by atoms with E-state index in [-0.39, 0.29) is 11.1 Å². The van der Waals surface area contributed by atoms with Gasteiger partial charge in [-0.3, -0.25) is 0 Å². The summed E-state index contributed by atoms with van der Waals surface area (Å²) in [6.07, 6.45) is 0.763. The molecule has 2 aromatic rings. The van der Waals surface area contributed by atoms with Crippen molar-refractivity contribution in [1.82, 2.24) is 0 Å². The lowest BCUT2D eigenvalue weighted by Gasteiger charge is -2.07. The third-order valence-electron chi connectivity index (χ3n) is 2.60. The second-order valence-electron chi connectivity index (χ2n) is 4.09. The smallest absolute Gasteiger partial charge is 0.354 e. The maximum Gasteiger partial charge on any atom is 0.354 e. The molecule has 0 aliphatic heterocycles. The van der Waals surface area contributed by atoms with E-state index in [9.17, 15) is 18.0 Å². The SMILES string of the molecule is CS(=O)(=O)OC(=O)c1cccc2c(C(=O)O)cccc12. The predicted octanol–water partition coefficient (Wildman–Crippen LogP) is 1.65. The Morgan fingerprint density at radius 2 is 1.50 bits per heavy atom. The van der Waals surface area contributed by atoms with Gasteiger partial charge in [-0.15, -0.1) is 0 Å². The van der Waals surface area contributed by atoms with Crippen molar-refractivity contribution in [3.8, 4) is 0 Å². The van der Waals surface area contributed by atoms with Crippen LogP contribution in [0.2, 0.25) is 0 Å². The molecule has 0 fully saturated rings. The molecule has 20 heavy (non-hydrogen) atoms. The molecule has 7 heteroatoms. The van der Waals surface area contributed by atoms with Gasteiger partial charge in [0.15, 0.2) is 0 Å². The highest BCUT2D eigenvalue weighted by molar-refractivity contribution is 7.86. The summed E-state index contributed by atoms with van der Waals surface area (Å²) in [5, 5.41) is 9.74. The number of carboxylic acids is 1. The quantitative estimate of drug-likeness (QED) is 0.864. The van der Waals surface area contributed by atoms with Crippen LogP contribution in [0.15, 0.2) is 36.4 Å². The molecule has 1 N–H and O–H groups in total. The number of fused-ring (bicyclic) bond motifs is 1. The molecule has 2 rings (SSSR count). The molecular formula is C13H10O6S. The van der Waals surface area contributed by atoms with E-state index in [4.69, 9.17) is 5.11 Å². The fourth-order valence-electron chi connectivity index (χ4n) is 1.86. The van der Waals surface area contributed by atoms with Crippen molar-refractivity contribution in [2.45, 2.75) is 0 Å². The summed E-state index contributed by atoms with van der Waals surface area (Å²) >= 11 is 0. The maximum atomic E-state index is 11.8. The molecule has 0 bridgehead atoms. The highest BCUT2D eigenvalue weighted by Crippen LogP contribution is 2.23. The van der Waals surface area contributed by atoms with E-state index in [1.54, 1.807) is 0 Å². The molecule has 0 aliphatic carbocycles. The molecule has 2 aromatic carbocycles. The van der Waals surface area contributed by atoms with Crippen molar-refractivity contribution in [3.63, 3.8) is 0 Å². The molecule has 0 aliphatic rings. The van der Waals surface area contributed by atoms with Crippen molar-refractivity contribution in [1.29, 1.82) is 0 Å². The highest BCUT2D eigenvalue weighted by Gasteiger charge is 2.18. The molecule has 6 nitrogen and oxygen atoms in total. The minimum Gasteiger partial charge on any atom is -0.478 e. The van der Waals surface area contributed by atoms with Gasteiger partial charge in [0.25, 0.3) is 0 Å². The summed E-state index contributed by atoms with van der Waals surface area (Å²) in [6.45, 7) is 0. The van der Waals surface area contributed by atoms with E-state index in [1.165, 1.54) is 36.4 Å². The predicted molar refractivity (Wildman–Crippen MR) is 71.2 cm³/mol. The van der Waals surface area contributed by atoms with Gasteiger partial charge in [0.1, 0.15) is 0 Å². The number of hydrogen-bond acceptors (Lipinski definition) is 5. The number of benzene rings is 2. The van der Waals surface area contributed by atoms with Crippen LogP contribution in [0.25, 0.3) is 10.8 Å². The van der Waals surface area contributed by atoms with Gasteiger partial charge in [-0.05, 0) is 22.9 Å². The van der Waals surface area contributed by atoms with E-state index >= 15 is 0 Å². The summed E-state index contributed by atoms with van der Waals surface area (Å²) < 4.78 is 26.3. The number of carboxylic acid groups (broad SMARTS) is 1. The Bertz CT molecular complexity index is 807. The van der Waals surface area contributed by atoms with E-state index in [1.807, 2.05) is 0 Å². The summed E-state index contributed by atoms with van der Waals surface area (Å²) in [5.74, 6) is -2.18.